The van der Waals surface area contributed by atoms with Gasteiger partial charge in [-0.1, -0.05) is 60.7 Å². The average Bonchev–Trinajstić information content (AvgIpc) is 2.88. The van der Waals surface area contributed by atoms with Crippen molar-refractivity contribution in [2.24, 2.45) is 0 Å². The molecule has 1 saturated heterocycles. The monoisotopic (exact) mass is 548 g/mol. The summed E-state index contributed by atoms with van der Waals surface area (Å²) in [5.41, 5.74) is 0.555. The molecule has 0 bridgehead atoms. The Balaban J connectivity index is 2.03. The third-order valence-corrected chi connectivity index (χ3v) is 9.03. The third-order valence-electron chi connectivity index (χ3n) is 5.99. The molecule has 206 valence electrons. The second kappa shape index (κ2) is 13.7. The normalized spacial score (nSPS) is 26.8. The summed E-state index contributed by atoms with van der Waals surface area (Å²) >= 11 is 0. The van der Waals surface area contributed by atoms with Gasteiger partial charge in [0.1, 0.15) is 17.9 Å². The number of ether oxygens (including phenoxy) is 5. The second-order valence-corrected chi connectivity index (χ2v) is 11.6. The first-order valence-corrected chi connectivity index (χ1v) is 13.9. The van der Waals surface area contributed by atoms with Crippen molar-refractivity contribution < 1.29 is 47.2 Å². The molecule has 38 heavy (non-hydrogen) atoms. The molecule has 0 saturated carbocycles. The largest absolute Gasteiger partial charge is 0.459 e. The highest BCUT2D eigenvalue weighted by molar-refractivity contribution is 7.60. The van der Waals surface area contributed by atoms with Gasteiger partial charge in [0.15, 0.2) is 6.10 Å². The number of hydrogen-bond donors (Lipinski definition) is 0. The summed E-state index contributed by atoms with van der Waals surface area (Å²) in [4.78, 5) is 36.4. The van der Waals surface area contributed by atoms with Crippen LogP contribution < -0.4 is 0 Å². The van der Waals surface area contributed by atoms with Crippen LogP contribution >= 0.6 is 7.37 Å². The van der Waals surface area contributed by atoms with Gasteiger partial charge in [-0.25, -0.2) is 0 Å². The molecular formula is C27H33O10P. The van der Waals surface area contributed by atoms with Gasteiger partial charge < -0.3 is 28.2 Å². The van der Waals surface area contributed by atoms with Crippen LogP contribution in [0.1, 0.15) is 31.9 Å². The summed E-state index contributed by atoms with van der Waals surface area (Å²) in [6.45, 7) is 3.54. The minimum absolute atomic E-state index is 0.0443. The van der Waals surface area contributed by atoms with Crippen LogP contribution in [0.5, 0.6) is 0 Å². The molecule has 1 heterocycles. The smallest absolute Gasteiger partial charge is 0.303 e. The molecule has 1 aliphatic rings. The highest BCUT2D eigenvalue weighted by Gasteiger charge is 2.63. The summed E-state index contributed by atoms with van der Waals surface area (Å²) in [5, 5.41) is 0. The molecule has 6 atom stereocenters. The van der Waals surface area contributed by atoms with Crippen molar-refractivity contribution >= 4 is 25.3 Å². The molecule has 0 unspecified atom stereocenters. The van der Waals surface area contributed by atoms with Crippen LogP contribution in [0.15, 0.2) is 60.7 Å². The van der Waals surface area contributed by atoms with Crippen molar-refractivity contribution in [1.29, 1.82) is 0 Å². The summed E-state index contributed by atoms with van der Waals surface area (Å²) in [5.74, 6) is -3.69. The summed E-state index contributed by atoms with van der Waals surface area (Å²) in [7, 11) is -2.85. The zero-order chi connectivity index (χ0) is 27.7. The van der Waals surface area contributed by atoms with Crippen molar-refractivity contribution in [2.45, 2.75) is 63.8 Å². The minimum atomic E-state index is -4.05. The summed E-state index contributed by atoms with van der Waals surface area (Å²) < 4.78 is 48.6. The average molecular weight is 549 g/mol. The Morgan fingerprint density at radius 2 is 1.21 bits per heavy atom. The molecule has 2 aromatic rings. The van der Waals surface area contributed by atoms with Crippen LogP contribution in [0, 0.1) is 0 Å². The molecular weight excluding hydrogens is 515 g/mol. The molecule has 10 nitrogen and oxygen atoms in total. The first-order valence-electron chi connectivity index (χ1n) is 12.1. The molecule has 2 aromatic carbocycles. The van der Waals surface area contributed by atoms with Crippen molar-refractivity contribution in [2.75, 3.05) is 13.7 Å². The lowest BCUT2D eigenvalue weighted by atomic mass is 10.0. The quantitative estimate of drug-likeness (QED) is 0.232. The number of esters is 3. The molecule has 1 fully saturated rings. The fourth-order valence-corrected chi connectivity index (χ4v) is 7.14. The second-order valence-electron chi connectivity index (χ2n) is 8.81. The highest BCUT2D eigenvalue weighted by Crippen LogP contribution is 2.63. The van der Waals surface area contributed by atoms with Crippen molar-refractivity contribution in [3.63, 3.8) is 0 Å². The molecule has 0 radical (unpaired) electrons. The van der Waals surface area contributed by atoms with Gasteiger partial charge in [-0.05, 0) is 11.1 Å². The number of rotatable bonds is 11. The maximum atomic E-state index is 14.4. The van der Waals surface area contributed by atoms with E-state index in [-0.39, 0.29) is 19.8 Å². The summed E-state index contributed by atoms with van der Waals surface area (Å²) in [6.07, 6.45) is -3.76. The van der Waals surface area contributed by atoms with Crippen LogP contribution in [0.4, 0.5) is 0 Å². The molecule has 0 N–H and O–H groups in total. The zero-order valence-corrected chi connectivity index (χ0v) is 22.7. The Bertz CT molecular complexity index is 1120. The fourth-order valence-electron chi connectivity index (χ4n) is 4.40. The van der Waals surface area contributed by atoms with E-state index in [0.29, 0.717) is 0 Å². The van der Waals surface area contributed by atoms with Gasteiger partial charge in [-0.2, -0.15) is 0 Å². The van der Waals surface area contributed by atoms with Crippen LogP contribution in [0.25, 0.3) is 0 Å². The van der Waals surface area contributed by atoms with E-state index in [1.807, 2.05) is 60.7 Å². The van der Waals surface area contributed by atoms with E-state index in [1.54, 1.807) is 0 Å². The fraction of sp³-hybridized carbons (Fsp3) is 0.444. The number of hydrogen-bond acceptors (Lipinski definition) is 10. The van der Waals surface area contributed by atoms with Gasteiger partial charge in [0.2, 0.25) is 5.85 Å². The SMILES string of the molecule is CO[P@]1(=O)[C@H](OC(C)=O)[C@H](OC(C)=O)[C@@H](OCc2ccccc2)[C@H](OC(C)=O)[C@@H]1COCc1ccccc1. The van der Waals surface area contributed by atoms with Crippen LogP contribution in [0.2, 0.25) is 0 Å². The first-order chi connectivity index (χ1) is 18.2. The molecule has 0 aromatic heterocycles. The van der Waals surface area contributed by atoms with E-state index in [1.165, 1.54) is 14.0 Å². The van der Waals surface area contributed by atoms with Gasteiger partial charge in [-0.15, -0.1) is 0 Å². The lowest BCUT2D eigenvalue weighted by Gasteiger charge is -2.47. The Morgan fingerprint density at radius 3 is 1.71 bits per heavy atom. The van der Waals surface area contributed by atoms with E-state index in [4.69, 9.17) is 28.2 Å². The molecule has 0 aliphatic carbocycles. The number of carbonyl (C=O) groups excluding carboxylic acids is 3. The van der Waals surface area contributed by atoms with Crippen LogP contribution in [-0.2, 0) is 60.4 Å². The molecule has 0 spiro atoms. The Morgan fingerprint density at radius 1 is 0.711 bits per heavy atom. The van der Waals surface area contributed by atoms with Gasteiger partial charge in [0.25, 0.3) is 7.37 Å². The molecule has 3 rings (SSSR count). The maximum Gasteiger partial charge on any atom is 0.303 e. The van der Waals surface area contributed by atoms with E-state index in [0.717, 1.165) is 25.0 Å². The Labute approximate surface area is 221 Å². The number of benzene rings is 2. The maximum absolute atomic E-state index is 14.4. The van der Waals surface area contributed by atoms with Crippen molar-refractivity contribution in [3.05, 3.63) is 71.8 Å². The van der Waals surface area contributed by atoms with Crippen molar-refractivity contribution in [3.8, 4) is 0 Å². The Kier molecular flexibility index (Phi) is 10.6. The minimum Gasteiger partial charge on any atom is -0.459 e. The van der Waals surface area contributed by atoms with Crippen molar-refractivity contribution in [1.82, 2.24) is 0 Å². The molecule has 0 amide bonds. The predicted molar refractivity (Wildman–Crippen MR) is 136 cm³/mol. The van der Waals surface area contributed by atoms with Gasteiger partial charge in [-0.3, -0.25) is 18.9 Å². The summed E-state index contributed by atoms with van der Waals surface area (Å²) in [6, 6.07) is 18.5. The van der Waals surface area contributed by atoms with Gasteiger partial charge in [0.05, 0.1) is 19.8 Å². The Hall–Kier alpha value is -3.04. The van der Waals surface area contributed by atoms with E-state index < -0.39 is 55.1 Å². The zero-order valence-electron chi connectivity index (χ0n) is 21.8. The first kappa shape index (κ1) is 29.5. The lowest BCUT2D eigenvalue weighted by Crippen LogP contribution is -2.61. The number of carbonyl (C=O) groups is 3. The van der Waals surface area contributed by atoms with Crippen LogP contribution in [-0.4, -0.2) is 61.4 Å². The van der Waals surface area contributed by atoms with Gasteiger partial charge in [0, 0.05) is 27.9 Å². The van der Waals surface area contributed by atoms with E-state index in [9.17, 15) is 18.9 Å². The molecule has 1 aliphatic heterocycles. The third kappa shape index (κ3) is 7.51. The van der Waals surface area contributed by atoms with Gasteiger partial charge >= 0.3 is 17.9 Å². The topological polar surface area (TPSA) is 124 Å². The standard InChI is InChI=1S/C27H33O10P/c1-18(28)35-24-23(17-33-15-21-11-7-5-8-12-21)38(31,32-4)27(37-20(3)30)26(36-19(2)29)25(24)34-16-22-13-9-6-10-14-22/h5-14,23-27H,15-17H2,1-4H3/t23-,24+,25-,26+,27-,38-/m0/s1. The lowest BCUT2D eigenvalue weighted by molar-refractivity contribution is -0.196. The predicted octanol–water partition coefficient (Wildman–Crippen LogP) is 3.85. The highest BCUT2D eigenvalue weighted by atomic mass is 31.2. The van der Waals surface area contributed by atoms with E-state index in [2.05, 4.69) is 0 Å². The van der Waals surface area contributed by atoms with Crippen LogP contribution in [0.3, 0.4) is 0 Å². The van der Waals surface area contributed by atoms with E-state index >= 15 is 0 Å². The molecule has 11 heteroatoms.